The molecule has 6 heteroatoms. The predicted molar refractivity (Wildman–Crippen MR) is 45.1 cm³/mol. The Balaban J connectivity index is 0.000000980. The van der Waals surface area contributed by atoms with E-state index in [1.807, 2.05) is 0 Å². The summed E-state index contributed by atoms with van der Waals surface area (Å²) in [4.78, 5) is 23.1. The van der Waals surface area contributed by atoms with Gasteiger partial charge in [-0.25, -0.2) is 0 Å². The molecule has 1 saturated heterocycles. The number of hydrogen-bond donors (Lipinski definition) is 0. The number of hydrogen-bond acceptors (Lipinski definition) is 4. The summed E-state index contributed by atoms with van der Waals surface area (Å²) in [5, 5.41) is 11.8. The molecule has 2 aliphatic heterocycles. The molecule has 1 fully saturated rings. The van der Waals surface area contributed by atoms with E-state index < -0.39 is 5.97 Å². The van der Waals surface area contributed by atoms with Crippen molar-refractivity contribution < 1.29 is 44.3 Å². The summed E-state index contributed by atoms with van der Waals surface area (Å²) in [7, 11) is 0. The van der Waals surface area contributed by atoms with E-state index in [1.165, 1.54) is 22.1 Å². The maximum Gasteiger partial charge on any atom is 1.00 e. The Morgan fingerprint density at radius 3 is 2.86 bits per heavy atom. The molecule has 2 heterocycles. The van der Waals surface area contributed by atoms with E-state index in [-0.39, 0.29) is 46.5 Å². The maximum absolute atomic E-state index is 11.3. The van der Waals surface area contributed by atoms with E-state index in [4.69, 9.17) is 0 Å². The van der Waals surface area contributed by atoms with Crippen molar-refractivity contribution in [3.05, 3.63) is 22.8 Å². The molecule has 0 aliphatic carbocycles. The summed E-state index contributed by atoms with van der Waals surface area (Å²) in [6.07, 6.45) is 1.71. The second-order valence-electron chi connectivity index (χ2n) is 2.70. The number of thioether (sulfide) groups is 1. The van der Waals surface area contributed by atoms with Crippen molar-refractivity contribution in [3.8, 4) is 0 Å². The Hall–Kier alpha value is -0.230. The van der Waals surface area contributed by atoms with E-state index in [2.05, 4.69) is 0 Å². The molecule has 0 saturated carbocycles. The molecule has 0 bridgehead atoms. The second-order valence-corrected chi connectivity index (χ2v) is 3.65. The molecule has 0 aromatic carbocycles. The second kappa shape index (κ2) is 4.10. The number of allylic oxidation sites excluding steroid dienone is 1. The number of β-lactam (4-membered cyclic amide) rings is 1. The first-order valence-corrected chi connectivity index (χ1v) is 4.68. The van der Waals surface area contributed by atoms with E-state index in [0.717, 1.165) is 0 Å². The molecule has 0 aromatic heterocycles. The molecule has 2 rings (SSSR count). The number of rotatable bonds is 1. The number of carbonyl (C=O) groups excluding carboxylic acids is 2. The topological polar surface area (TPSA) is 60.4 Å². The third-order valence-electron chi connectivity index (χ3n) is 2.05. The minimum Gasteiger partial charge on any atom is -0.543 e. The van der Waals surface area contributed by atoms with Gasteiger partial charge in [0.1, 0.15) is 5.37 Å². The minimum absolute atomic E-state index is 0. The van der Waals surface area contributed by atoms with Crippen LogP contribution in [0.5, 0.6) is 0 Å². The molecule has 4 nitrogen and oxygen atoms in total. The first-order chi connectivity index (χ1) is 6.16. The molecule has 0 unspecified atom stereocenters. The van der Waals surface area contributed by atoms with Gasteiger partial charge >= 0.3 is 29.6 Å². The third-order valence-corrected chi connectivity index (χ3v) is 3.14. The SMILES string of the molecule is C/C=C1/C(=O)N2C(C(=O)[O-])=CS[C@H]12.[Na+]. The van der Waals surface area contributed by atoms with Crippen LogP contribution in [-0.2, 0) is 9.59 Å². The Labute approximate surface area is 107 Å². The van der Waals surface area contributed by atoms with E-state index in [9.17, 15) is 14.7 Å². The van der Waals surface area contributed by atoms with Crippen LogP contribution in [0.15, 0.2) is 22.8 Å². The van der Waals surface area contributed by atoms with Crippen LogP contribution < -0.4 is 34.7 Å². The number of carboxylic acids is 1. The van der Waals surface area contributed by atoms with Crippen LogP contribution >= 0.6 is 11.8 Å². The van der Waals surface area contributed by atoms with Crippen LogP contribution in [-0.4, -0.2) is 22.2 Å². The van der Waals surface area contributed by atoms with Crippen LogP contribution in [0.4, 0.5) is 0 Å². The number of aliphatic carboxylic acids is 1. The standard InChI is InChI=1S/C8H7NO3S.Na/c1-2-4-6(10)9-5(8(11)12)3-13-7(4)9;/h2-3,7H,1H3,(H,11,12);/q;+1/p-1/b4-2-;/t7-;/m1./s1. The number of amides is 1. The van der Waals surface area contributed by atoms with Crippen molar-refractivity contribution in [2.24, 2.45) is 0 Å². The normalized spacial score (nSPS) is 26.5. The largest absolute Gasteiger partial charge is 1.00 e. The van der Waals surface area contributed by atoms with E-state index in [0.29, 0.717) is 5.57 Å². The maximum atomic E-state index is 11.3. The first kappa shape index (κ1) is 11.8. The van der Waals surface area contributed by atoms with Crippen LogP contribution in [0.2, 0.25) is 0 Å². The third kappa shape index (κ3) is 1.44. The summed E-state index contributed by atoms with van der Waals surface area (Å²) in [6, 6.07) is 0. The van der Waals surface area contributed by atoms with Crippen molar-refractivity contribution in [3.63, 3.8) is 0 Å². The number of nitrogens with zero attached hydrogens (tertiary/aromatic N) is 1. The fourth-order valence-corrected chi connectivity index (χ4v) is 2.57. The van der Waals surface area contributed by atoms with Gasteiger partial charge in [-0.2, -0.15) is 0 Å². The first-order valence-electron chi connectivity index (χ1n) is 3.73. The van der Waals surface area contributed by atoms with Crippen molar-refractivity contribution in [1.82, 2.24) is 4.90 Å². The van der Waals surface area contributed by atoms with Crippen molar-refractivity contribution in [2.45, 2.75) is 12.3 Å². The van der Waals surface area contributed by atoms with Gasteiger partial charge in [0.05, 0.1) is 11.7 Å². The van der Waals surface area contributed by atoms with E-state index in [1.54, 1.807) is 13.0 Å². The zero-order chi connectivity index (χ0) is 9.59. The average molecular weight is 219 g/mol. The molecule has 2 aliphatic rings. The van der Waals surface area contributed by atoms with Gasteiger partial charge in [-0.15, -0.1) is 11.8 Å². The molecule has 1 amide bonds. The molecule has 0 aromatic rings. The Morgan fingerprint density at radius 2 is 2.36 bits per heavy atom. The van der Waals surface area contributed by atoms with Gasteiger partial charge < -0.3 is 9.90 Å². The van der Waals surface area contributed by atoms with Gasteiger partial charge in [0, 0.05) is 5.57 Å². The monoisotopic (exact) mass is 219 g/mol. The number of carboxylic acid groups (broad SMARTS) is 1. The molecule has 0 N–H and O–H groups in total. The van der Waals surface area contributed by atoms with Crippen LogP contribution in [0.25, 0.3) is 0 Å². The summed E-state index contributed by atoms with van der Waals surface area (Å²) < 4.78 is 0. The van der Waals surface area contributed by atoms with Gasteiger partial charge in [0.15, 0.2) is 0 Å². The zero-order valence-corrected chi connectivity index (χ0v) is 10.6. The van der Waals surface area contributed by atoms with Crippen molar-refractivity contribution >= 4 is 23.6 Å². The van der Waals surface area contributed by atoms with Gasteiger partial charge in [0.2, 0.25) is 0 Å². The zero-order valence-electron chi connectivity index (χ0n) is 7.81. The fourth-order valence-electron chi connectivity index (χ4n) is 1.39. The van der Waals surface area contributed by atoms with Crippen molar-refractivity contribution in [2.75, 3.05) is 0 Å². The molecule has 0 radical (unpaired) electrons. The van der Waals surface area contributed by atoms with Crippen LogP contribution in [0.3, 0.4) is 0 Å². The molecule has 1 atom stereocenters. The molecular weight excluding hydrogens is 213 g/mol. The average Bonchev–Trinajstić information content (AvgIpc) is 2.45. The van der Waals surface area contributed by atoms with Crippen LogP contribution in [0.1, 0.15) is 6.92 Å². The van der Waals surface area contributed by atoms with Gasteiger partial charge in [-0.05, 0) is 12.3 Å². The summed E-state index contributed by atoms with van der Waals surface area (Å²) in [5.41, 5.74) is 0.642. The van der Waals surface area contributed by atoms with Gasteiger partial charge in [0.25, 0.3) is 5.91 Å². The molecule has 14 heavy (non-hydrogen) atoms. The van der Waals surface area contributed by atoms with E-state index >= 15 is 0 Å². The molecule has 68 valence electrons. The summed E-state index contributed by atoms with van der Waals surface area (Å²) in [6.45, 7) is 1.77. The number of fused-ring (bicyclic) bond motifs is 1. The smallest absolute Gasteiger partial charge is 0.543 e. The minimum atomic E-state index is -1.29. The quantitative estimate of drug-likeness (QED) is 0.260. The summed E-state index contributed by atoms with van der Waals surface area (Å²) in [5.74, 6) is -1.52. The Kier molecular flexibility index (Phi) is 3.47. The predicted octanol–water partition coefficient (Wildman–Crippen LogP) is -3.56. The van der Waals surface area contributed by atoms with Gasteiger partial charge in [-0.1, -0.05) is 6.08 Å². The van der Waals surface area contributed by atoms with Gasteiger partial charge in [-0.3, -0.25) is 9.69 Å². The number of carbonyl (C=O) groups is 2. The Bertz CT molecular complexity index is 364. The molecular formula is C8H6NNaO3S. The Morgan fingerprint density at radius 1 is 1.71 bits per heavy atom. The van der Waals surface area contributed by atoms with Crippen molar-refractivity contribution in [1.29, 1.82) is 0 Å². The fraction of sp³-hybridized carbons (Fsp3) is 0.250. The van der Waals surface area contributed by atoms with Crippen LogP contribution in [0, 0.1) is 0 Å². The summed E-state index contributed by atoms with van der Waals surface area (Å²) >= 11 is 1.32. The molecule has 0 spiro atoms.